The lowest BCUT2D eigenvalue weighted by Crippen LogP contribution is -2.35. The van der Waals surface area contributed by atoms with Crippen LogP contribution >= 0.6 is 0 Å². The second-order valence-electron chi connectivity index (χ2n) is 4.23. The lowest BCUT2D eigenvalue weighted by molar-refractivity contribution is 0.0167. The normalized spacial score (nSPS) is 33.9. The van der Waals surface area contributed by atoms with Crippen LogP contribution in [0.15, 0.2) is 18.6 Å². The average molecular weight is 223 g/mol. The van der Waals surface area contributed by atoms with Crippen LogP contribution in [0.3, 0.4) is 0 Å². The zero-order valence-corrected chi connectivity index (χ0v) is 9.24. The fraction of sp³-hybridized carbons (Fsp3) is 0.636. The molecule has 0 radical (unpaired) electrons. The average Bonchev–Trinajstić information content (AvgIpc) is 2.58. The third-order valence-corrected chi connectivity index (χ3v) is 3.24. The second-order valence-corrected chi connectivity index (χ2v) is 4.23. The quantitative estimate of drug-likeness (QED) is 0.691. The van der Waals surface area contributed by atoms with Crippen LogP contribution in [0, 0.1) is 5.92 Å². The number of aliphatic hydroxyl groups excluding tert-OH is 2. The van der Waals surface area contributed by atoms with E-state index in [4.69, 9.17) is 0 Å². The van der Waals surface area contributed by atoms with Gasteiger partial charge in [0, 0.05) is 6.20 Å². The van der Waals surface area contributed by atoms with Crippen LogP contribution in [-0.4, -0.2) is 38.4 Å². The van der Waals surface area contributed by atoms with Crippen molar-refractivity contribution in [3.63, 3.8) is 0 Å². The van der Waals surface area contributed by atoms with Crippen molar-refractivity contribution in [3.8, 4) is 0 Å². The molecule has 1 aromatic rings. The number of aromatic nitrogens is 2. The SMILES string of the molecule is CC[C@@H]1C[C@@H](Nc2ccncn2)[C@H](O)[C@@H]1O. The van der Waals surface area contributed by atoms with Crippen molar-refractivity contribution in [2.45, 2.75) is 38.0 Å². The Kier molecular flexibility index (Phi) is 3.36. The first kappa shape index (κ1) is 11.3. The fourth-order valence-corrected chi connectivity index (χ4v) is 2.24. The van der Waals surface area contributed by atoms with E-state index >= 15 is 0 Å². The van der Waals surface area contributed by atoms with Gasteiger partial charge in [0.15, 0.2) is 0 Å². The molecule has 5 nitrogen and oxygen atoms in total. The molecular weight excluding hydrogens is 206 g/mol. The van der Waals surface area contributed by atoms with Gasteiger partial charge in [-0.3, -0.25) is 0 Å². The highest BCUT2D eigenvalue weighted by Crippen LogP contribution is 2.30. The Morgan fingerprint density at radius 1 is 1.44 bits per heavy atom. The molecular formula is C11H17N3O2. The van der Waals surface area contributed by atoms with Crippen molar-refractivity contribution in [1.29, 1.82) is 0 Å². The zero-order chi connectivity index (χ0) is 11.5. The molecule has 1 aromatic heterocycles. The predicted octanol–water partition coefficient (Wildman–Crippen LogP) is 0.409. The van der Waals surface area contributed by atoms with Crippen LogP contribution in [0.4, 0.5) is 5.82 Å². The van der Waals surface area contributed by atoms with Gasteiger partial charge in [0.1, 0.15) is 18.2 Å². The molecule has 16 heavy (non-hydrogen) atoms. The van der Waals surface area contributed by atoms with Gasteiger partial charge < -0.3 is 15.5 Å². The summed E-state index contributed by atoms with van der Waals surface area (Å²) in [6.07, 6.45) is 3.38. The number of nitrogens with one attached hydrogen (secondary N) is 1. The Morgan fingerprint density at radius 2 is 2.25 bits per heavy atom. The van der Waals surface area contributed by atoms with Gasteiger partial charge in [-0.1, -0.05) is 13.3 Å². The van der Waals surface area contributed by atoms with Gasteiger partial charge >= 0.3 is 0 Å². The Labute approximate surface area is 94.6 Å². The van der Waals surface area contributed by atoms with Gasteiger partial charge in [-0.05, 0) is 18.4 Å². The molecule has 0 amide bonds. The smallest absolute Gasteiger partial charge is 0.129 e. The van der Waals surface area contributed by atoms with Gasteiger partial charge in [0.05, 0.1) is 12.1 Å². The molecule has 0 spiro atoms. The van der Waals surface area contributed by atoms with Gasteiger partial charge in [-0.25, -0.2) is 9.97 Å². The summed E-state index contributed by atoms with van der Waals surface area (Å²) in [7, 11) is 0. The lowest BCUT2D eigenvalue weighted by atomic mass is 10.0. The molecule has 0 bridgehead atoms. The van der Waals surface area contributed by atoms with Crippen LogP contribution in [-0.2, 0) is 0 Å². The number of hydrogen-bond donors (Lipinski definition) is 3. The van der Waals surface area contributed by atoms with Gasteiger partial charge in [0.2, 0.25) is 0 Å². The summed E-state index contributed by atoms with van der Waals surface area (Å²) in [5, 5.41) is 22.8. The molecule has 0 unspecified atom stereocenters. The van der Waals surface area contributed by atoms with E-state index in [1.54, 1.807) is 12.3 Å². The molecule has 1 aliphatic rings. The maximum absolute atomic E-state index is 9.86. The monoisotopic (exact) mass is 223 g/mol. The fourth-order valence-electron chi connectivity index (χ4n) is 2.24. The summed E-state index contributed by atoms with van der Waals surface area (Å²) >= 11 is 0. The number of rotatable bonds is 3. The highest BCUT2D eigenvalue weighted by Gasteiger charge is 2.40. The highest BCUT2D eigenvalue weighted by atomic mass is 16.3. The van der Waals surface area contributed by atoms with E-state index in [1.165, 1.54) is 6.33 Å². The van der Waals surface area contributed by atoms with E-state index in [-0.39, 0.29) is 12.0 Å². The van der Waals surface area contributed by atoms with Crippen molar-refractivity contribution in [2.24, 2.45) is 5.92 Å². The summed E-state index contributed by atoms with van der Waals surface area (Å²) in [6.45, 7) is 2.02. The minimum Gasteiger partial charge on any atom is -0.390 e. The van der Waals surface area contributed by atoms with Crippen LogP contribution in [0.25, 0.3) is 0 Å². The van der Waals surface area contributed by atoms with Crippen LogP contribution in [0.1, 0.15) is 19.8 Å². The summed E-state index contributed by atoms with van der Waals surface area (Å²) in [5.74, 6) is 0.845. The molecule has 5 heteroatoms. The van der Waals surface area contributed by atoms with E-state index < -0.39 is 12.2 Å². The van der Waals surface area contributed by atoms with Crippen LogP contribution in [0.5, 0.6) is 0 Å². The van der Waals surface area contributed by atoms with Crippen LogP contribution < -0.4 is 5.32 Å². The van der Waals surface area contributed by atoms with E-state index in [2.05, 4.69) is 15.3 Å². The van der Waals surface area contributed by atoms with Gasteiger partial charge in [-0.15, -0.1) is 0 Å². The Morgan fingerprint density at radius 3 is 2.81 bits per heavy atom. The van der Waals surface area contributed by atoms with Crippen molar-refractivity contribution in [1.82, 2.24) is 9.97 Å². The van der Waals surface area contributed by atoms with Crippen molar-refractivity contribution in [2.75, 3.05) is 5.32 Å². The maximum Gasteiger partial charge on any atom is 0.129 e. The molecule has 3 N–H and O–H groups in total. The topological polar surface area (TPSA) is 78.3 Å². The molecule has 1 fully saturated rings. The van der Waals surface area contributed by atoms with E-state index in [0.717, 1.165) is 12.8 Å². The highest BCUT2D eigenvalue weighted by molar-refractivity contribution is 5.34. The van der Waals surface area contributed by atoms with Crippen molar-refractivity contribution in [3.05, 3.63) is 18.6 Å². The Hall–Kier alpha value is -1.20. The lowest BCUT2D eigenvalue weighted by Gasteiger charge is -2.18. The maximum atomic E-state index is 9.86. The van der Waals surface area contributed by atoms with Gasteiger partial charge in [-0.2, -0.15) is 0 Å². The first-order valence-electron chi connectivity index (χ1n) is 5.61. The third kappa shape index (κ3) is 2.15. The summed E-state index contributed by atoms with van der Waals surface area (Å²) in [5.41, 5.74) is 0. The van der Waals surface area contributed by atoms with E-state index in [1.807, 2.05) is 6.92 Å². The number of hydrogen-bond acceptors (Lipinski definition) is 5. The minimum atomic E-state index is -0.722. The van der Waals surface area contributed by atoms with E-state index in [0.29, 0.717) is 5.82 Å². The number of aliphatic hydroxyl groups is 2. The summed E-state index contributed by atoms with van der Waals surface area (Å²) < 4.78 is 0. The molecule has 1 aliphatic carbocycles. The first-order valence-corrected chi connectivity index (χ1v) is 5.61. The van der Waals surface area contributed by atoms with Crippen LogP contribution in [0.2, 0.25) is 0 Å². The van der Waals surface area contributed by atoms with Crippen molar-refractivity contribution < 1.29 is 10.2 Å². The molecule has 0 aliphatic heterocycles. The molecule has 88 valence electrons. The molecule has 1 heterocycles. The Balaban J connectivity index is 2.01. The second kappa shape index (κ2) is 4.76. The first-order chi connectivity index (χ1) is 7.72. The molecule has 1 saturated carbocycles. The Bertz CT molecular complexity index is 333. The zero-order valence-electron chi connectivity index (χ0n) is 9.24. The summed E-state index contributed by atoms with van der Waals surface area (Å²) in [4.78, 5) is 7.86. The standard InChI is InChI=1S/C11H17N3O2/c1-2-7-5-8(11(16)10(7)15)14-9-3-4-12-6-13-9/h3-4,6-8,10-11,15-16H,2,5H2,1H3,(H,12,13,14)/t7-,8-,10-,11+/m1/s1. The number of anilines is 1. The van der Waals surface area contributed by atoms with E-state index in [9.17, 15) is 10.2 Å². The predicted molar refractivity (Wildman–Crippen MR) is 59.9 cm³/mol. The minimum absolute atomic E-state index is 0.130. The number of nitrogens with zero attached hydrogens (tertiary/aromatic N) is 2. The largest absolute Gasteiger partial charge is 0.390 e. The molecule has 4 atom stereocenters. The molecule has 0 saturated heterocycles. The van der Waals surface area contributed by atoms with Crippen molar-refractivity contribution >= 4 is 5.82 Å². The molecule has 0 aromatic carbocycles. The third-order valence-electron chi connectivity index (χ3n) is 3.24. The van der Waals surface area contributed by atoms with Gasteiger partial charge in [0.25, 0.3) is 0 Å². The summed E-state index contributed by atoms with van der Waals surface area (Å²) in [6, 6.07) is 1.62. The molecule has 2 rings (SSSR count).